The zero-order valence-electron chi connectivity index (χ0n) is 18.0. The summed E-state index contributed by atoms with van der Waals surface area (Å²) in [5, 5.41) is 2.59. The molecule has 0 bridgehead atoms. The van der Waals surface area contributed by atoms with Crippen LogP contribution in [0.3, 0.4) is 0 Å². The van der Waals surface area contributed by atoms with Crippen LogP contribution in [0.1, 0.15) is 35.7 Å². The number of nitrogens with zero attached hydrogens (tertiary/aromatic N) is 2. The lowest BCUT2D eigenvalue weighted by Crippen LogP contribution is -2.41. The second kappa shape index (κ2) is 9.14. The van der Waals surface area contributed by atoms with Crippen LogP contribution in [0.2, 0.25) is 0 Å². The molecule has 9 nitrogen and oxygen atoms in total. The molecule has 0 aromatic heterocycles. The average molecular weight is 470 g/mol. The number of carbonyl (C=O) groups excluding carboxylic acids is 3. The van der Waals surface area contributed by atoms with Crippen molar-refractivity contribution in [1.82, 2.24) is 4.90 Å². The number of likely N-dealkylation sites (tertiary alicyclic amines) is 1. The second-order valence-corrected chi connectivity index (χ2v) is 9.48. The summed E-state index contributed by atoms with van der Waals surface area (Å²) in [5.74, 6) is -1.19. The van der Waals surface area contributed by atoms with Gasteiger partial charge in [-0.1, -0.05) is 24.3 Å². The number of fused-ring (bicyclic) bond motifs is 1. The molecule has 1 N–H and O–H groups in total. The molecule has 2 aliphatic heterocycles. The van der Waals surface area contributed by atoms with Gasteiger partial charge in [0.15, 0.2) is 18.2 Å². The first-order valence-electron chi connectivity index (χ1n) is 10.5. The molecular formula is C23H23N3O6S. The molecule has 2 heterocycles. The Labute approximate surface area is 191 Å². The number of para-hydroxylation sites is 1. The van der Waals surface area contributed by atoms with Gasteiger partial charge in [-0.05, 0) is 44.0 Å². The maximum atomic E-state index is 12.5. The largest absolute Gasteiger partial charge is 0.455 e. The SMILES string of the molecule is CC(=O)c1ccccc1NC(=O)COC(=O)C1CCN(C2=NS(=O)(=O)c3ccccc32)CC1. The summed E-state index contributed by atoms with van der Waals surface area (Å²) in [6.07, 6.45) is 0.906. The maximum Gasteiger partial charge on any atom is 0.309 e. The first-order valence-corrected chi connectivity index (χ1v) is 12.0. The summed E-state index contributed by atoms with van der Waals surface area (Å²) >= 11 is 0. The van der Waals surface area contributed by atoms with Crippen LogP contribution in [0.15, 0.2) is 57.8 Å². The van der Waals surface area contributed by atoms with Gasteiger partial charge in [-0.2, -0.15) is 8.42 Å². The molecule has 1 fully saturated rings. The van der Waals surface area contributed by atoms with Gasteiger partial charge in [0, 0.05) is 24.2 Å². The standard InChI is InChI=1S/C23H23N3O6S/c1-15(27)17-6-2-4-8-19(17)24-21(28)14-32-23(29)16-10-12-26(13-11-16)22-18-7-3-5-9-20(18)33(30,31)25-22/h2-9,16H,10-14H2,1H3,(H,24,28). The maximum absolute atomic E-state index is 12.5. The predicted octanol–water partition coefficient (Wildman–Crippen LogP) is 2.23. The third-order valence-corrected chi connectivity index (χ3v) is 6.99. The van der Waals surface area contributed by atoms with Gasteiger partial charge in [0.25, 0.3) is 15.9 Å². The van der Waals surface area contributed by atoms with E-state index < -0.39 is 34.4 Å². The minimum absolute atomic E-state index is 0.183. The average Bonchev–Trinajstić information content (AvgIpc) is 3.09. The fourth-order valence-electron chi connectivity index (χ4n) is 3.98. The summed E-state index contributed by atoms with van der Waals surface area (Å²) in [5.41, 5.74) is 1.32. The molecule has 172 valence electrons. The van der Waals surface area contributed by atoms with E-state index in [2.05, 4.69) is 9.71 Å². The van der Waals surface area contributed by atoms with E-state index in [9.17, 15) is 22.8 Å². The van der Waals surface area contributed by atoms with Gasteiger partial charge < -0.3 is 15.0 Å². The van der Waals surface area contributed by atoms with Crippen LogP contribution < -0.4 is 5.32 Å². The Hall–Kier alpha value is -3.53. The van der Waals surface area contributed by atoms with Crippen LogP contribution in [-0.4, -0.2) is 56.5 Å². The molecule has 0 unspecified atom stereocenters. The minimum Gasteiger partial charge on any atom is -0.455 e. The van der Waals surface area contributed by atoms with Crippen LogP contribution >= 0.6 is 0 Å². The summed E-state index contributed by atoms with van der Waals surface area (Å²) in [4.78, 5) is 38.4. The number of anilines is 1. The van der Waals surface area contributed by atoms with Gasteiger partial charge in [-0.15, -0.1) is 4.40 Å². The highest BCUT2D eigenvalue weighted by atomic mass is 32.2. The molecule has 4 rings (SSSR count). The van der Waals surface area contributed by atoms with E-state index in [0.717, 1.165) is 0 Å². The normalized spacial score (nSPS) is 17.1. The number of ketones is 1. The molecule has 2 aliphatic rings. The molecule has 0 atom stereocenters. The third-order valence-electron chi connectivity index (χ3n) is 5.67. The lowest BCUT2D eigenvalue weighted by molar-refractivity contribution is -0.152. The number of carbonyl (C=O) groups is 3. The Kier molecular flexibility index (Phi) is 6.28. The van der Waals surface area contributed by atoms with Crippen molar-refractivity contribution in [3.05, 3.63) is 59.7 Å². The number of sulfonamides is 1. The van der Waals surface area contributed by atoms with Crippen molar-refractivity contribution in [1.29, 1.82) is 0 Å². The summed E-state index contributed by atoms with van der Waals surface area (Å²) < 4.78 is 33.7. The number of Topliss-reactive ketones (excluding diaryl/α,β-unsaturated/α-hetero) is 1. The van der Waals surface area contributed by atoms with E-state index in [1.54, 1.807) is 42.5 Å². The highest BCUT2D eigenvalue weighted by Gasteiger charge is 2.34. The molecule has 0 radical (unpaired) electrons. The van der Waals surface area contributed by atoms with E-state index in [1.807, 2.05) is 4.90 Å². The quantitative estimate of drug-likeness (QED) is 0.526. The molecule has 1 saturated heterocycles. The zero-order valence-corrected chi connectivity index (χ0v) is 18.8. The molecule has 0 spiro atoms. The highest BCUT2D eigenvalue weighted by Crippen LogP contribution is 2.30. The van der Waals surface area contributed by atoms with E-state index >= 15 is 0 Å². The molecular weight excluding hydrogens is 446 g/mol. The van der Waals surface area contributed by atoms with E-state index in [1.165, 1.54) is 13.0 Å². The van der Waals surface area contributed by atoms with Gasteiger partial charge in [-0.3, -0.25) is 14.4 Å². The molecule has 1 amide bonds. The zero-order chi connectivity index (χ0) is 23.6. The number of amidine groups is 1. The van der Waals surface area contributed by atoms with Gasteiger partial charge in [0.05, 0.1) is 11.6 Å². The number of hydrogen-bond acceptors (Lipinski definition) is 7. The predicted molar refractivity (Wildman–Crippen MR) is 120 cm³/mol. The molecule has 10 heteroatoms. The van der Waals surface area contributed by atoms with Crippen molar-refractivity contribution in [3.8, 4) is 0 Å². The Balaban J connectivity index is 1.30. The van der Waals surface area contributed by atoms with Crippen LogP contribution in [-0.2, 0) is 24.3 Å². The minimum atomic E-state index is -3.70. The van der Waals surface area contributed by atoms with Crippen molar-refractivity contribution in [2.75, 3.05) is 25.0 Å². The number of nitrogens with one attached hydrogen (secondary N) is 1. The fourth-order valence-corrected chi connectivity index (χ4v) is 5.21. The van der Waals surface area contributed by atoms with Crippen molar-refractivity contribution >= 4 is 39.2 Å². The number of ether oxygens (including phenoxy) is 1. The Morgan fingerprint density at radius 3 is 2.45 bits per heavy atom. The third kappa shape index (κ3) is 4.80. The molecule has 2 aromatic carbocycles. The van der Waals surface area contributed by atoms with Crippen molar-refractivity contribution < 1.29 is 27.5 Å². The van der Waals surface area contributed by atoms with E-state index in [4.69, 9.17) is 4.74 Å². The van der Waals surface area contributed by atoms with Crippen LogP contribution in [0.25, 0.3) is 0 Å². The number of amides is 1. The molecule has 0 aliphatic carbocycles. The van der Waals surface area contributed by atoms with Crippen molar-refractivity contribution in [3.63, 3.8) is 0 Å². The fraction of sp³-hybridized carbons (Fsp3) is 0.304. The van der Waals surface area contributed by atoms with Crippen LogP contribution in [0.4, 0.5) is 5.69 Å². The van der Waals surface area contributed by atoms with E-state index in [-0.39, 0.29) is 10.7 Å². The van der Waals surface area contributed by atoms with Crippen molar-refractivity contribution in [2.24, 2.45) is 10.3 Å². The second-order valence-electron chi connectivity index (χ2n) is 7.91. The lowest BCUT2D eigenvalue weighted by Gasteiger charge is -2.32. The number of hydrogen-bond donors (Lipinski definition) is 1. The van der Waals surface area contributed by atoms with Gasteiger partial charge in [-0.25, -0.2) is 0 Å². The highest BCUT2D eigenvalue weighted by molar-refractivity contribution is 7.90. The Morgan fingerprint density at radius 2 is 1.73 bits per heavy atom. The topological polar surface area (TPSA) is 122 Å². The van der Waals surface area contributed by atoms with Crippen molar-refractivity contribution in [2.45, 2.75) is 24.7 Å². The monoisotopic (exact) mass is 469 g/mol. The summed E-state index contributed by atoms with van der Waals surface area (Å²) in [7, 11) is -3.70. The summed E-state index contributed by atoms with van der Waals surface area (Å²) in [6.45, 7) is 1.84. The van der Waals surface area contributed by atoms with Gasteiger partial charge in [0.1, 0.15) is 4.90 Å². The molecule has 2 aromatic rings. The first-order chi connectivity index (χ1) is 15.8. The Bertz CT molecular complexity index is 1250. The van der Waals surface area contributed by atoms with Crippen LogP contribution in [0.5, 0.6) is 0 Å². The number of piperidine rings is 1. The summed E-state index contributed by atoms with van der Waals surface area (Å²) in [6, 6.07) is 13.3. The smallest absolute Gasteiger partial charge is 0.309 e. The number of esters is 1. The number of rotatable bonds is 5. The number of benzene rings is 2. The Morgan fingerprint density at radius 1 is 1.06 bits per heavy atom. The first kappa shape index (κ1) is 22.7. The van der Waals surface area contributed by atoms with Gasteiger partial charge in [0.2, 0.25) is 0 Å². The molecule has 33 heavy (non-hydrogen) atoms. The van der Waals surface area contributed by atoms with Gasteiger partial charge >= 0.3 is 5.97 Å². The van der Waals surface area contributed by atoms with E-state index in [0.29, 0.717) is 48.6 Å². The molecule has 0 saturated carbocycles. The lowest BCUT2D eigenvalue weighted by atomic mass is 9.96. The van der Waals surface area contributed by atoms with Crippen LogP contribution in [0, 0.1) is 5.92 Å².